The summed E-state index contributed by atoms with van der Waals surface area (Å²) < 4.78 is 0. The van der Waals surface area contributed by atoms with E-state index in [9.17, 15) is 0 Å². The molecule has 0 atom stereocenters. The Morgan fingerprint density at radius 3 is 2.64 bits per heavy atom. The average Bonchev–Trinajstić information content (AvgIpc) is 2.72. The quantitative estimate of drug-likeness (QED) is 0.789. The topological polar surface area (TPSA) is 15.8 Å². The Kier molecular flexibility index (Phi) is 2.73. The molecule has 1 nitrogen and oxygen atoms in total. The van der Waals surface area contributed by atoms with Gasteiger partial charge in [-0.25, -0.2) is 0 Å². The van der Waals surface area contributed by atoms with Gasteiger partial charge in [0.2, 0.25) is 0 Å². The highest BCUT2D eigenvalue weighted by Crippen LogP contribution is 2.18. The molecule has 2 aromatic rings. The Bertz CT molecular complexity index is 371. The lowest BCUT2D eigenvalue weighted by atomic mass is 10.1. The van der Waals surface area contributed by atoms with Crippen molar-refractivity contribution in [2.75, 3.05) is 0 Å². The largest absolute Gasteiger partial charge is 0.365 e. The lowest BCUT2D eigenvalue weighted by molar-refractivity contribution is 0.959. The molecule has 2 aromatic heterocycles. The molecule has 0 aliphatic rings. The maximum absolute atomic E-state index is 3.22. The van der Waals surface area contributed by atoms with E-state index in [1.165, 1.54) is 28.1 Å². The molecule has 0 aromatic carbocycles. The van der Waals surface area contributed by atoms with Gasteiger partial charge in [-0.1, -0.05) is 0 Å². The van der Waals surface area contributed by atoms with E-state index in [4.69, 9.17) is 0 Å². The minimum Gasteiger partial charge on any atom is -0.365 e. The molecule has 0 bridgehead atoms. The molecular formula is C12H15NS. The van der Waals surface area contributed by atoms with E-state index >= 15 is 0 Å². The van der Waals surface area contributed by atoms with Crippen LogP contribution in [0.1, 0.15) is 21.7 Å². The van der Waals surface area contributed by atoms with Crippen molar-refractivity contribution in [3.05, 3.63) is 45.4 Å². The van der Waals surface area contributed by atoms with Gasteiger partial charge in [-0.15, -0.1) is 11.3 Å². The molecule has 0 amide bonds. The fraction of sp³-hybridized carbons (Fsp3) is 0.333. The Morgan fingerprint density at radius 2 is 2.07 bits per heavy atom. The van der Waals surface area contributed by atoms with Crippen LogP contribution in [0.2, 0.25) is 0 Å². The summed E-state index contributed by atoms with van der Waals surface area (Å²) >= 11 is 1.87. The first-order valence-electron chi connectivity index (χ1n) is 4.93. The Labute approximate surface area is 88.8 Å². The van der Waals surface area contributed by atoms with Crippen LogP contribution in [0.5, 0.6) is 0 Å². The Hall–Kier alpha value is -1.02. The summed E-state index contributed by atoms with van der Waals surface area (Å²) in [7, 11) is 0. The number of aryl methyl sites for hydroxylation is 4. The smallest absolute Gasteiger partial charge is 0.0148 e. The fourth-order valence-corrected chi connectivity index (χ4v) is 2.57. The van der Waals surface area contributed by atoms with Gasteiger partial charge in [-0.3, -0.25) is 0 Å². The lowest BCUT2D eigenvalue weighted by Gasteiger charge is -1.99. The zero-order valence-corrected chi connectivity index (χ0v) is 9.45. The zero-order valence-electron chi connectivity index (χ0n) is 8.63. The minimum absolute atomic E-state index is 1.15. The molecule has 0 spiro atoms. The van der Waals surface area contributed by atoms with Crippen LogP contribution in [0.3, 0.4) is 0 Å². The fourth-order valence-electron chi connectivity index (χ4n) is 1.66. The molecule has 2 heteroatoms. The number of hydrogen-bond acceptors (Lipinski definition) is 1. The minimum atomic E-state index is 1.15. The van der Waals surface area contributed by atoms with E-state index in [0.717, 1.165) is 6.42 Å². The molecule has 0 fully saturated rings. The molecule has 1 N–H and O–H groups in total. The first-order chi connectivity index (χ1) is 6.77. The molecular weight excluding hydrogens is 190 g/mol. The highest BCUT2D eigenvalue weighted by atomic mass is 32.1. The normalized spacial score (nSPS) is 10.7. The maximum Gasteiger partial charge on any atom is 0.0148 e. The number of H-pyrrole nitrogens is 1. The van der Waals surface area contributed by atoms with E-state index in [1.54, 1.807) is 0 Å². The first-order valence-corrected chi connectivity index (χ1v) is 5.81. The third kappa shape index (κ3) is 1.90. The highest BCUT2D eigenvalue weighted by Gasteiger charge is 2.02. The Morgan fingerprint density at radius 1 is 1.21 bits per heavy atom. The summed E-state index contributed by atoms with van der Waals surface area (Å²) in [4.78, 5) is 4.74. The van der Waals surface area contributed by atoms with E-state index in [2.05, 4.69) is 36.3 Å². The van der Waals surface area contributed by atoms with Gasteiger partial charge < -0.3 is 4.98 Å². The van der Waals surface area contributed by atoms with Crippen molar-refractivity contribution in [2.24, 2.45) is 0 Å². The van der Waals surface area contributed by atoms with E-state index < -0.39 is 0 Å². The SMILES string of the molecule is Cc1ccsc1CCc1cc[nH]c1C. The van der Waals surface area contributed by atoms with Crippen molar-refractivity contribution in [2.45, 2.75) is 26.7 Å². The van der Waals surface area contributed by atoms with Gasteiger partial charge in [0.1, 0.15) is 0 Å². The molecule has 2 rings (SSSR count). The van der Waals surface area contributed by atoms with Crippen molar-refractivity contribution >= 4 is 11.3 Å². The van der Waals surface area contributed by atoms with Crippen molar-refractivity contribution in [1.82, 2.24) is 4.98 Å². The zero-order chi connectivity index (χ0) is 9.97. The van der Waals surface area contributed by atoms with Gasteiger partial charge in [0.05, 0.1) is 0 Å². The predicted molar refractivity (Wildman–Crippen MR) is 62.0 cm³/mol. The highest BCUT2D eigenvalue weighted by molar-refractivity contribution is 7.10. The number of aromatic nitrogens is 1. The first kappa shape index (κ1) is 9.53. The van der Waals surface area contributed by atoms with Crippen LogP contribution in [-0.2, 0) is 12.8 Å². The summed E-state index contributed by atoms with van der Waals surface area (Å²) in [5.74, 6) is 0. The molecule has 0 saturated carbocycles. The number of aromatic amines is 1. The van der Waals surface area contributed by atoms with Gasteiger partial charge in [0.15, 0.2) is 0 Å². The lowest BCUT2D eigenvalue weighted by Crippen LogP contribution is -1.90. The monoisotopic (exact) mass is 205 g/mol. The average molecular weight is 205 g/mol. The molecule has 0 aliphatic carbocycles. The predicted octanol–water partition coefficient (Wildman–Crippen LogP) is 3.48. The summed E-state index contributed by atoms with van der Waals surface area (Å²) in [5, 5.41) is 2.18. The van der Waals surface area contributed by atoms with Gasteiger partial charge in [0.25, 0.3) is 0 Å². The standard InChI is InChI=1S/C12H15NS/c1-9-6-8-14-12(9)4-3-11-5-7-13-10(11)2/h5-8,13H,3-4H2,1-2H3. The van der Waals surface area contributed by atoms with Gasteiger partial charge >= 0.3 is 0 Å². The summed E-state index contributed by atoms with van der Waals surface area (Å²) in [6.07, 6.45) is 4.34. The van der Waals surface area contributed by atoms with Crippen LogP contribution in [0.25, 0.3) is 0 Å². The third-order valence-corrected chi connectivity index (χ3v) is 3.74. The van der Waals surface area contributed by atoms with Crippen LogP contribution in [0.4, 0.5) is 0 Å². The molecule has 0 saturated heterocycles. The second-order valence-corrected chi connectivity index (χ2v) is 4.66. The molecule has 0 aliphatic heterocycles. The van der Waals surface area contributed by atoms with Gasteiger partial charge in [-0.05, 0) is 55.3 Å². The Balaban J connectivity index is 2.02. The number of hydrogen-bond donors (Lipinski definition) is 1. The van der Waals surface area contributed by atoms with Crippen molar-refractivity contribution < 1.29 is 0 Å². The molecule has 0 radical (unpaired) electrons. The summed E-state index contributed by atoms with van der Waals surface area (Å²) in [6, 6.07) is 4.38. The van der Waals surface area contributed by atoms with Crippen LogP contribution in [0.15, 0.2) is 23.7 Å². The maximum atomic E-state index is 3.22. The van der Waals surface area contributed by atoms with Crippen LogP contribution in [-0.4, -0.2) is 4.98 Å². The second-order valence-electron chi connectivity index (χ2n) is 3.65. The summed E-state index contributed by atoms with van der Waals surface area (Å²) in [6.45, 7) is 4.33. The molecule has 74 valence electrons. The van der Waals surface area contributed by atoms with Gasteiger partial charge in [-0.2, -0.15) is 0 Å². The van der Waals surface area contributed by atoms with E-state index in [1.807, 2.05) is 17.5 Å². The van der Waals surface area contributed by atoms with Crippen molar-refractivity contribution in [3.8, 4) is 0 Å². The van der Waals surface area contributed by atoms with E-state index in [-0.39, 0.29) is 0 Å². The number of nitrogens with one attached hydrogen (secondary N) is 1. The van der Waals surface area contributed by atoms with E-state index in [0.29, 0.717) is 0 Å². The third-order valence-electron chi connectivity index (χ3n) is 2.66. The van der Waals surface area contributed by atoms with Crippen LogP contribution in [0, 0.1) is 13.8 Å². The second kappa shape index (κ2) is 4.01. The van der Waals surface area contributed by atoms with Crippen LogP contribution < -0.4 is 0 Å². The van der Waals surface area contributed by atoms with Crippen molar-refractivity contribution in [3.63, 3.8) is 0 Å². The number of rotatable bonds is 3. The van der Waals surface area contributed by atoms with Crippen LogP contribution >= 0.6 is 11.3 Å². The number of thiophene rings is 1. The van der Waals surface area contributed by atoms with Crippen molar-refractivity contribution in [1.29, 1.82) is 0 Å². The molecule has 2 heterocycles. The van der Waals surface area contributed by atoms with Gasteiger partial charge in [0, 0.05) is 16.8 Å². The molecule has 14 heavy (non-hydrogen) atoms. The molecule has 0 unspecified atom stereocenters. The summed E-state index contributed by atoms with van der Waals surface area (Å²) in [5.41, 5.74) is 4.18.